The zero-order chi connectivity index (χ0) is 15.0. The number of nitrogens with two attached hydrogens (primary N) is 1. The Kier molecular flexibility index (Phi) is 3.49. The highest BCUT2D eigenvalue weighted by molar-refractivity contribution is 6.06. The van der Waals surface area contributed by atoms with Crippen molar-refractivity contribution < 1.29 is 4.79 Å². The summed E-state index contributed by atoms with van der Waals surface area (Å²) in [6, 6.07) is 4.38. The molecule has 1 aliphatic carbocycles. The zero-order valence-corrected chi connectivity index (χ0v) is 12.4. The van der Waals surface area contributed by atoms with Gasteiger partial charge in [0.1, 0.15) is 0 Å². The molecule has 0 saturated heterocycles. The maximum Gasteiger partial charge on any atom is 0.274 e. The van der Waals surface area contributed by atoms with Gasteiger partial charge in [0.15, 0.2) is 5.69 Å². The van der Waals surface area contributed by atoms with Crippen molar-refractivity contribution in [3.05, 3.63) is 29.0 Å². The summed E-state index contributed by atoms with van der Waals surface area (Å²) in [4.78, 5) is 12.2. The highest BCUT2D eigenvalue weighted by Crippen LogP contribution is 2.28. The molecule has 5 nitrogen and oxygen atoms in total. The van der Waals surface area contributed by atoms with Crippen molar-refractivity contribution in [2.24, 2.45) is 0 Å². The predicted molar refractivity (Wildman–Crippen MR) is 83.2 cm³/mol. The van der Waals surface area contributed by atoms with Crippen LogP contribution in [0.15, 0.2) is 12.1 Å². The number of rotatable bonds is 4. The Morgan fingerprint density at radius 1 is 1.38 bits per heavy atom. The van der Waals surface area contributed by atoms with Crippen LogP contribution in [0.25, 0.3) is 10.9 Å². The Bertz CT molecular complexity index is 707. The van der Waals surface area contributed by atoms with Crippen LogP contribution in [-0.2, 0) is 6.42 Å². The number of carbonyl (C=O) groups is 1. The van der Waals surface area contributed by atoms with Crippen LogP contribution in [-0.4, -0.2) is 22.1 Å². The van der Waals surface area contributed by atoms with E-state index in [4.69, 9.17) is 5.73 Å². The largest absolute Gasteiger partial charge is 0.396 e. The number of nitrogens with zero attached hydrogens (tertiary/aromatic N) is 2. The van der Waals surface area contributed by atoms with Crippen molar-refractivity contribution in [2.45, 2.75) is 45.6 Å². The first-order valence-electron chi connectivity index (χ1n) is 7.47. The van der Waals surface area contributed by atoms with Crippen molar-refractivity contribution in [2.75, 3.05) is 5.73 Å². The molecule has 1 fully saturated rings. The Morgan fingerprint density at radius 3 is 2.81 bits per heavy atom. The van der Waals surface area contributed by atoms with Gasteiger partial charge in [-0.15, -0.1) is 10.2 Å². The molecule has 0 aliphatic heterocycles. The van der Waals surface area contributed by atoms with Gasteiger partial charge in [-0.2, -0.15) is 0 Å². The van der Waals surface area contributed by atoms with Crippen LogP contribution >= 0.6 is 0 Å². The normalized spacial score (nSPS) is 14.4. The van der Waals surface area contributed by atoms with Gasteiger partial charge in [-0.05, 0) is 37.3 Å². The summed E-state index contributed by atoms with van der Waals surface area (Å²) in [6.45, 7) is 4.11. The van der Waals surface area contributed by atoms with Gasteiger partial charge in [-0.25, -0.2) is 0 Å². The molecule has 21 heavy (non-hydrogen) atoms. The average Bonchev–Trinajstić information content (AvgIpc) is 3.26. The summed E-state index contributed by atoms with van der Waals surface area (Å²) >= 11 is 0. The number of carbonyl (C=O) groups excluding carboxylic acids is 1. The molecule has 0 radical (unpaired) electrons. The minimum Gasteiger partial charge on any atom is -0.396 e. The minimum absolute atomic E-state index is 0.218. The van der Waals surface area contributed by atoms with E-state index in [0.717, 1.165) is 47.7 Å². The van der Waals surface area contributed by atoms with Crippen LogP contribution in [0.5, 0.6) is 0 Å². The van der Waals surface area contributed by atoms with E-state index in [1.807, 2.05) is 13.0 Å². The third kappa shape index (κ3) is 2.55. The number of hydrogen-bond donors (Lipinski definition) is 2. The van der Waals surface area contributed by atoms with Gasteiger partial charge >= 0.3 is 0 Å². The van der Waals surface area contributed by atoms with Crippen molar-refractivity contribution in [3.63, 3.8) is 0 Å². The van der Waals surface area contributed by atoms with E-state index in [9.17, 15) is 4.79 Å². The van der Waals surface area contributed by atoms with Crippen molar-refractivity contribution in [1.29, 1.82) is 0 Å². The van der Waals surface area contributed by atoms with Crippen LogP contribution in [0.2, 0.25) is 0 Å². The van der Waals surface area contributed by atoms with Crippen LogP contribution in [0.3, 0.4) is 0 Å². The van der Waals surface area contributed by atoms with E-state index in [0.29, 0.717) is 5.69 Å². The molecular weight excluding hydrogens is 264 g/mol. The number of anilines is 1. The van der Waals surface area contributed by atoms with Gasteiger partial charge in [0.25, 0.3) is 5.91 Å². The average molecular weight is 284 g/mol. The predicted octanol–water partition coefficient (Wildman–Crippen LogP) is 2.37. The summed E-state index contributed by atoms with van der Waals surface area (Å²) < 4.78 is 0. The van der Waals surface area contributed by atoms with Crippen LogP contribution in [0, 0.1) is 6.92 Å². The number of benzene rings is 1. The molecule has 0 bridgehead atoms. The first-order chi connectivity index (χ1) is 10.1. The van der Waals surface area contributed by atoms with E-state index >= 15 is 0 Å². The Labute approximate surface area is 123 Å². The first kappa shape index (κ1) is 13.8. The molecule has 1 saturated carbocycles. The molecule has 110 valence electrons. The summed E-state index contributed by atoms with van der Waals surface area (Å²) in [5, 5.41) is 12.1. The number of nitrogens with one attached hydrogen (secondary N) is 1. The van der Waals surface area contributed by atoms with E-state index < -0.39 is 0 Å². The van der Waals surface area contributed by atoms with Gasteiger partial charge < -0.3 is 11.1 Å². The third-order valence-corrected chi connectivity index (χ3v) is 3.89. The number of aryl methyl sites for hydroxylation is 2. The monoisotopic (exact) mass is 284 g/mol. The van der Waals surface area contributed by atoms with Gasteiger partial charge in [-0.3, -0.25) is 4.79 Å². The van der Waals surface area contributed by atoms with Crippen molar-refractivity contribution >= 4 is 22.5 Å². The number of aromatic nitrogens is 2. The van der Waals surface area contributed by atoms with Gasteiger partial charge in [0.2, 0.25) is 0 Å². The topological polar surface area (TPSA) is 80.9 Å². The first-order valence-corrected chi connectivity index (χ1v) is 7.47. The van der Waals surface area contributed by atoms with Crippen molar-refractivity contribution in [3.8, 4) is 0 Å². The fraction of sp³-hybridized carbons (Fsp3) is 0.438. The van der Waals surface area contributed by atoms with Crippen molar-refractivity contribution in [1.82, 2.24) is 15.5 Å². The zero-order valence-electron chi connectivity index (χ0n) is 12.4. The van der Waals surface area contributed by atoms with Crippen LogP contribution in [0.1, 0.15) is 47.8 Å². The number of amides is 1. The number of fused-ring (bicyclic) bond motifs is 1. The van der Waals surface area contributed by atoms with E-state index in [1.54, 1.807) is 0 Å². The summed E-state index contributed by atoms with van der Waals surface area (Å²) in [7, 11) is 0. The molecule has 3 N–H and O–H groups in total. The smallest absolute Gasteiger partial charge is 0.274 e. The molecule has 1 aromatic carbocycles. The van der Waals surface area contributed by atoms with Gasteiger partial charge in [0.05, 0.1) is 11.2 Å². The fourth-order valence-electron chi connectivity index (χ4n) is 2.58. The summed E-state index contributed by atoms with van der Waals surface area (Å²) in [6.07, 6.45) is 4.03. The molecule has 5 heteroatoms. The number of hydrogen-bond acceptors (Lipinski definition) is 4. The highest BCUT2D eigenvalue weighted by Gasteiger charge is 2.26. The molecule has 0 spiro atoms. The molecular formula is C16H20N4O. The van der Waals surface area contributed by atoms with Crippen LogP contribution in [0.4, 0.5) is 5.69 Å². The standard InChI is InChI=1S/C16H20N4O/c1-3-4-10-6-5-9(2)12-13(17)15(20-19-14(10)12)16(21)18-11-7-8-11/h5-6,11H,3-4,7-8H2,1-2H3,(H2,17,19)(H,18,21). The lowest BCUT2D eigenvalue weighted by Crippen LogP contribution is -2.27. The quantitative estimate of drug-likeness (QED) is 0.903. The second kappa shape index (κ2) is 5.31. The molecule has 1 aromatic heterocycles. The molecule has 3 rings (SSSR count). The maximum absolute atomic E-state index is 12.2. The number of nitrogen functional groups attached to an aromatic ring is 1. The molecule has 1 aliphatic rings. The summed E-state index contributed by atoms with van der Waals surface area (Å²) in [5.41, 5.74) is 9.87. The van der Waals surface area contributed by atoms with E-state index in [-0.39, 0.29) is 17.6 Å². The molecule has 0 atom stereocenters. The SMILES string of the molecule is CCCc1ccc(C)c2c(N)c(C(=O)NC3CC3)nnc12. The van der Waals surface area contributed by atoms with Gasteiger partial charge in [-0.1, -0.05) is 25.5 Å². The van der Waals surface area contributed by atoms with E-state index in [1.165, 1.54) is 0 Å². The molecule has 1 amide bonds. The maximum atomic E-state index is 12.2. The third-order valence-electron chi connectivity index (χ3n) is 3.89. The lowest BCUT2D eigenvalue weighted by Gasteiger charge is -2.12. The lowest BCUT2D eigenvalue weighted by atomic mass is 10.0. The van der Waals surface area contributed by atoms with E-state index in [2.05, 4.69) is 28.5 Å². The second-order valence-electron chi connectivity index (χ2n) is 5.73. The molecule has 0 unspecified atom stereocenters. The Hall–Kier alpha value is -2.17. The highest BCUT2D eigenvalue weighted by atomic mass is 16.2. The Balaban J connectivity index is 2.10. The molecule has 2 aromatic rings. The Morgan fingerprint density at radius 2 is 2.14 bits per heavy atom. The minimum atomic E-state index is -0.218. The van der Waals surface area contributed by atoms with Crippen LogP contribution < -0.4 is 11.1 Å². The summed E-state index contributed by atoms with van der Waals surface area (Å²) in [5.74, 6) is -0.218. The fourth-order valence-corrected chi connectivity index (χ4v) is 2.58. The van der Waals surface area contributed by atoms with Gasteiger partial charge in [0, 0.05) is 11.4 Å². The molecule has 1 heterocycles. The second-order valence-corrected chi connectivity index (χ2v) is 5.73. The lowest BCUT2D eigenvalue weighted by molar-refractivity contribution is 0.0946.